The highest BCUT2D eigenvalue weighted by Crippen LogP contribution is 2.89. The Bertz CT molecular complexity index is 706. The molecule has 0 saturated heterocycles. The van der Waals surface area contributed by atoms with E-state index in [4.69, 9.17) is 5.11 Å². The number of hydrogen-bond acceptors (Lipinski definition) is 1. The smallest absolute Gasteiger partial charge is 0.334 e. The van der Waals surface area contributed by atoms with Crippen molar-refractivity contribution in [3.05, 3.63) is 0 Å². The minimum absolute atomic E-state index is 7.72. The van der Waals surface area contributed by atoms with Gasteiger partial charge >= 0.3 is 47.1 Å². The van der Waals surface area contributed by atoms with E-state index in [1.54, 1.807) is 0 Å². The maximum Gasteiger partial charge on any atom is 0.394 e. The second-order valence-corrected chi connectivity index (χ2v) is 6.71. The molecule has 4 rings (SSSR count). The molecule has 0 aromatic rings. The van der Waals surface area contributed by atoms with E-state index in [1.165, 1.54) is 0 Å². The van der Waals surface area contributed by atoms with Crippen molar-refractivity contribution < 1.29 is 79.7 Å². The van der Waals surface area contributed by atoms with Gasteiger partial charge in [-0.2, -0.15) is 52.7 Å². The first-order chi connectivity index (χ1) is 12.2. The molecule has 29 heavy (non-hydrogen) atoms. The van der Waals surface area contributed by atoms with Crippen LogP contribution in [0.15, 0.2) is 0 Å². The van der Waals surface area contributed by atoms with E-state index in [0.717, 1.165) is 0 Å². The molecule has 0 atom stereocenters. The molecule has 4 aliphatic carbocycles. The van der Waals surface area contributed by atoms with Crippen LogP contribution in [0, 0.1) is 0 Å². The monoisotopic (exact) mass is 472 g/mol. The average Bonchev–Trinajstić information content (AvgIpc) is 2.52. The molecule has 0 aromatic carbocycles. The fourth-order valence-electron chi connectivity index (χ4n) is 4.28. The van der Waals surface area contributed by atoms with Crippen LogP contribution >= 0.6 is 0 Å². The lowest BCUT2D eigenvalue weighted by Crippen LogP contribution is -3.10. The Balaban J connectivity index is 2.77. The molecule has 170 valence electrons. The van der Waals surface area contributed by atoms with E-state index < -0.39 is 64.1 Å². The van der Waals surface area contributed by atoms with Crippen LogP contribution in [0.25, 0.3) is 0 Å². The van der Waals surface area contributed by atoms with E-state index in [9.17, 15) is 74.6 Å². The van der Waals surface area contributed by atoms with Crippen LogP contribution in [0.5, 0.6) is 0 Å². The van der Waals surface area contributed by atoms with Crippen LogP contribution in [0.2, 0.25) is 0 Å². The Hall–Kier alpha value is -1.23. The molecule has 0 aromatic heterocycles. The van der Waals surface area contributed by atoms with Gasteiger partial charge in [0.2, 0.25) is 0 Å². The third-order valence-corrected chi connectivity index (χ3v) is 5.69. The first-order valence-electron chi connectivity index (χ1n) is 6.69. The van der Waals surface area contributed by atoms with Crippen molar-refractivity contribution in [3.63, 3.8) is 0 Å². The number of halogens is 17. The predicted molar refractivity (Wildman–Crippen MR) is 51.1 cm³/mol. The first kappa shape index (κ1) is 22.5. The van der Waals surface area contributed by atoms with Gasteiger partial charge in [0.25, 0.3) is 17.0 Å². The molecule has 4 fully saturated rings. The summed E-state index contributed by atoms with van der Waals surface area (Å²) in [5.74, 6) is -41.0. The SMILES string of the molecule is OC(F)(F)C1(F)C2(F)C(F)(F)C3(F)C(F)(F)C(F)(C2(F)F)C(F)(F)C1(F)C3(F)F. The predicted octanol–water partition coefficient (Wildman–Crippen LogP) is 4.33. The Labute approximate surface area is 145 Å². The van der Waals surface area contributed by atoms with Crippen LogP contribution in [0.4, 0.5) is 74.6 Å². The molecule has 0 amide bonds. The summed E-state index contributed by atoms with van der Waals surface area (Å²) < 4.78 is 237. The van der Waals surface area contributed by atoms with Gasteiger partial charge in [-0.15, -0.1) is 0 Å². The van der Waals surface area contributed by atoms with E-state index in [2.05, 4.69) is 0 Å². The molecular formula is C11HF17O. The number of rotatable bonds is 1. The number of aliphatic hydroxyl groups is 1. The third-order valence-electron chi connectivity index (χ3n) is 5.69. The summed E-state index contributed by atoms with van der Waals surface area (Å²) in [6.45, 7) is 0. The maximum absolute atomic E-state index is 14.5. The van der Waals surface area contributed by atoms with Gasteiger partial charge in [-0.05, 0) is 0 Å². The van der Waals surface area contributed by atoms with Crippen molar-refractivity contribution in [2.24, 2.45) is 0 Å². The zero-order chi connectivity index (χ0) is 23.5. The Kier molecular flexibility index (Phi) is 3.28. The average molecular weight is 472 g/mol. The standard InChI is InChI=1S/C11HF17O/c12-1(11(27,28)29)2(13)6(17,18)4(15)8(21,22)3(1,14)9(23,24)5(16,7(2,19)20)10(4,25)26/h29H. The normalized spacial score (nSPS) is 53.2. The summed E-state index contributed by atoms with van der Waals surface area (Å²) in [5, 5.41) is 8.11. The van der Waals surface area contributed by atoms with Gasteiger partial charge in [-0.1, -0.05) is 0 Å². The lowest BCUT2D eigenvalue weighted by atomic mass is 9.37. The fraction of sp³-hybridized carbons (Fsp3) is 1.00. The molecule has 1 nitrogen and oxygen atoms in total. The second kappa shape index (κ2) is 4.24. The lowest BCUT2D eigenvalue weighted by Gasteiger charge is -2.74. The van der Waals surface area contributed by atoms with E-state index >= 15 is 0 Å². The van der Waals surface area contributed by atoms with Crippen molar-refractivity contribution in [1.29, 1.82) is 0 Å². The first-order valence-corrected chi connectivity index (χ1v) is 6.69. The van der Waals surface area contributed by atoms with Gasteiger partial charge in [0.1, 0.15) is 0 Å². The summed E-state index contributed by atoms with van der Waals surface area (Å²) in [7, 11) is 0. The molecule has 1 N–H and O–H groups in total. The topological polar surface area (TPSA) is 20.2 Å². The van der Waals surface area contributed by atoms with Crippen LogP contribution in [-0.4, -0.2) is 69.2 Å². The van der Waals surface area contributed by atoms with E-state index in [0.29, 0.717) is 0 Å². The lowest BCUT2D eigenvalue weighted by molar-refractivity contribution is -0.613. The highest BCUT2D eigenvalue weighted by atomic mass is 19.3. The molecule has 0 aliphatic heterocycles. The summed E-state index contributed by atoms with van der Waals surface area (Å²) in [4.78, 5) is 0. The van der Waals surface area contributed by atoms with Crippen molar-refractivity contribution >= 4 is 0 Å². The molecule has 4 saturated carbocycles. The van der Waals surface area contributed by atoms with Gasteiger partial charge in [-0.3, -0.25) is 0 Å². The minimum Gasteiger partial charge on any atom is -0.334 e. The fourth-order valence-corrected chi connectivity index (χ4v) is 4.28. The van der Waals surface area contributed by atoms with Gasteiger partial charge in [0.05, 0.1) is 0 Å². The largest absolute Gasteiger partial charge is 0.394 e. The summed E-state index contributed by atoms with van der Waals surface area (Å²) in [6.07, 6.45) is -7.72. The molecular weight excluding hydrogens is 471 g/mol. The van der Waals surface area contributed by atoms with Crippen molar-refractivity contribution in [1.82, 2.24) is 0 Å². The summed E-state index contributed by atoms with van der Waals surface area (Å²) in [5.41, 5.74) is -40.8. The summed E-state index contributed by atoms with van der Waals surface area (Å²) >= 11 is 0. The van der Waals surface area contributed by atoms with Crippen molar-refractivity contribution in [3.8, 4) is 0 Å². The molecule has 4 aliphatic rings. The Morgan fingerprint density at radius 3 is 0.724 bits per heavy atom. The number of alkyl halides is 17. The molecule has 0 radical (unpaired) electrons. The van der Waals surface area contributed by atoms with Gasteiger partial charge in [0, 0.05) is 0 Å². The number of hydrogen-bond donors (Lipinski definition) is 1. The molecule has 0 spiro atoms. The molecule has 0 unspecified atom stereocenters. The van der Waals surface area contributed by atoms with Crippen molar-refractivity contribution in [2.75, 3.05) is 0 Å². The zero-order valence-electron chi connectivity index (χ0n) is 12.4. The van der Waals surface area contributed by atoms with Gasteiger partial charge in [0.15, 0.2) is 0 Å². The third kappa shape index (κ3) is 1.23. The van der Waals surface area contributed by atoms with Crippen LogP contribution in [0.1, 0.15) is 0 Å². The van der Waals surface area contributed by atoms with E-state index in [-0.39, 0.29) is 0 Å². The molecule has 4 bridgehead atoms. The zero-order valence-corrected chi connectivity index (χ0v) is 12.4. The van der Waals surface area contributed by atoms with Gasteiger partial charge < -0.3 is 5.11 Å². The highest BCUT2D eigenvalue weighted by molar-refractivity contribution is 5.56. The molecule has 0 heterocycles. The van der Waals surface area contributed by atoms with Crippen molar-refractivity contribution in [2.45, 2.75) is 64.1 Å². The van der Waals surface area contributed by atoms with Gasteiger partial charge in [-0.25, -0.2) is 22.0 Å². The second-order valence-electron chi connectivity index (χ2n) is 6.71. The summed E-state index contributed by atoms with van der Waals surface area (Å²) in [6, 6.07) is 0. The highest BCUT2D eigenvalue weighted by Gasteiger charge is 3.24. The van der Waals surface area contributed by atoms with Crippen LogP contribution in [0.3, 0.4) is 0 Å². The minimum atomic E-state index is -8.26. The van der Waals surface area contributed by atoms with E-state index in [1.807, 2.05) is 0 Å². The Morgan fingerprint density at radius 2 is 0.552 bits per heavy atom. The Morgan fingerprint density at radius 1 is 0.379 bits per heavy atom. The molecule has 18 heteroatoms. The van der Waals surface area contributed by atoms with Crippen LogP contribution < -0.4 is 0 Å². The maximum atomic E-state index is 14.5. The quantitative estimate of drug-likeness (QED) is 0.564. The van der Waals surface area contributed by atoms with Crippen LogP contribution in [-0.2, 0) is 0 Å².